The van der Waals surface area contributed by atoms with Crippen LogP contribution in [0.3, 0.4) is 0 Å². The van der Waals surface area contributed by atoms with Gasteiger partial charge in [0, 0.05) is 43.2 Å². The van der Waals surface area contributed by atoms with Gasteiger partial charge in [-0.2, -0.15) is 0 Å². The minimum atomic E-state index is -0.184. The number of cyclic esters (lactones) is 1. The second-order valence-electron chi connectivity index (χ2n) is 8.10. The maximum Gasteiger partial charge on any atom is 0.349 e. The first kappa shape index (κ1) is 20.8. The molecule has 9 nitrogen and oxygen atoms in total. The maximum absolute atomic E-state index is 12.8. The third-order valence-electron chi connectivity index (χ3n) is 6.19. The zero-order valence-electron chi connectivity index (χ0n) is 17.9. The fraction of sp³-hybridized carbons (Fsp3) is 0.409. The number of rotatable bonds is 6. The number of tetrazole rings is 1. The van der Waals surface area contributed by atoms with Gasteiger partial charge in [0.25, 0.3) is 0 Å². The molecule has 166 valence electrons. The van der Waals surface area contributed by atoms with Gasteiger partial charge >= 0.3 is 5.97 Å². The lowest BCUT2D eigenvalue weighted by Gasteiger charge is -2.34. The molecule has 1 fully saturated rings. The Balaban J connectivity index is 1.10. The lowest BCUT2D eigenvalue weighted by Crippen LogP contribution is -2.49. The SMILES string of the molecule is Cc1c(CCN2CCN(C(=O)Cc3ccc(-n4cnnn4)cc3)CC2)sc2c1COC2=O. The number of aromatic nitrogens is 4. The zero-order valence-corrected chi connectivity index (χ0v) is 18.7. The second kappa shape index (κ2) is 8.79. The third-order valence-corrected chi connectivity index (χ3v) is 7.56. The molecule has 2 aromatic heterocycles. The van der Waals surface area contributed by atoms with Crippen LogP contribution < -0.4 is 0 Å². The van der Waals surface area contributed by atoms with Crippen LogP contribution in [0.25, 0.3) is 5.69 Å². The van der Waals surface area contributed by atoms with Crippen molar-refractivity contribution in [3.05, 3.63) is 57.0 Å². The summed E-state index contributed by atoms with van der Waals surface area (Å²) < 4.78 is 6.69. The van der Waals surface area contributed by atoms with Gasteiger partial charge in [-0.1, -0.05) is 12.1 Å². The average Bonchev–Trinajstić information content (AvgIpc) is 3.54. The van der Waals surface area contributed by atoms with Crippen molar-refractivity contribution in [2.75, 3.05) is 32.7 Å². The number of thiophene rings is 1. The van der Waals surface area contributed by atoms with E-state index in [0.29, 0.717) is 13.0 Å². The number of ether oxygens (including phenoxy) is 1. The fourth-order valence-corrected chi connectivity index (χ4v) is 5.39. The Hall–Kier alpha value is -3.11. The first-order valence-corrected chi connectivity index (χ1v) is 11.5. The molecule has 0 saturated carbocycles. The molecule has 1 amide bonds. The number of amides is 1. The Morgan fingerprint density at radius 1 is 1.16 bits per heavy atom. The van der Waals surface area contributed by atoms with E-state index in [1.165, 1.54) is 10.4 Å². The number of fused-ring (bicyclic) bond motifs is 1. The maximum atomic E-state index is 12.8. The van der Waals surface area contributed by atoms with Crippen molar-refractivity contribution in [1.29, 1.82) is 0 Å². The monoisotopic (exact) mass is 452 g/mol. The number of benzene rings is 1. The summed E-state index contributed by atoms with van der Waals surface area (Å²) in [6, 6.07) is 7.72. The summed E-state index contributed by atoms with van der Waals surface area (Å²) in [7, 11) is 0. The largest absolute Gasteiger partial charge is 0.457 e. The number of nitrogens with zero attached hydrogens (tertiary/aromatic N) is 6. The molecule has 0 unspecified atom stereocenters. The Morgan fingerprint density at radius 3 is 2.62 bits per heavy atom. The Kier molecular flexibility index (Phi) is 5.71. The number of esters is 1. The normalized spacial score (nSPS) is 16.3. The Morgan fingerprint density at radius 2 is 1.94 bits per heavy atom. The summed E-state index contributed by atoms with van der Waals surface area (Å²) in [5.74, 6) is -0.0274. The predicted molar refractivity (Wildman–Crippen MR) is 118 cm³/mol. The molecule has 4 heterocycles. The molecule has 0 atom stereocenters. The molecule has 0 N–H and O–H groups in total. The van der Waals surface area contributed by atoms with Gasteiger partial charge in [-0.25, -0.2) is 9.48 Å². The number of carbonyl (C=O) groups excluding carboxylic acids is 2. The number of carbonyl (C=O) groups is 2. The highest BCUT2D eigenvalue weighted by Gasteiger charge is 2.28. The van der Waals surface area contributed by atoms with Crippen LogP contribution in [0.5, 0.6) is 0 Å². The quantitative estimate of drug-likeness (QED) is 0.525. The standard InChI is InChI=1S/C22H24N6O3S/c1-15-18-13-31-22(30)21(18)32-19(15)6-7-26-8-10-27(11-9-26)20(29)12-16-2-4-17(5-3-16)28-14-23-24-25-28/h2-5,14H,6-13H2,1H3. The predicted octanol–water partition coefficient (Wildman–Crippen LogP) is 1.63. The van der Waals surface area contributed by atoms with Crippen LogP contribution >= 0.6 is 11.3 Å². The van der Waals surface area contributed by atoms with E-state index in [1.54, 1.807) is 22.3 Å². The molecule has 2 aliphatic rings. The molecule has 0 spiro atoms. The molecule has 0 radical (unpaired) electrons. The summed E-state index contributed by atoms with van der Waals surface area (Å²) in [6.45, 7) is 6.67. The molecular weight excluding hydrogens is 428 g/mol. The highest BCUT2D eigenvalue weighted by Crippen LogP contribution is 2.34. The van der Waals surface area contributed by atoms with Gasteiger partial charge < -0.3 is 9.64 Å². The summed E-state index contributed by atoms with van der Waals surface area (Å²) in [5, 5.41) is 11.1. The molecule has 2 aliphatic heterocycles. The van der Waals surface area contributed by atoms with E-state index in [-0.39, 0.29) is 11.9 Å². The van der Waals surface area contributed by atoms with Crippen molar-refractivity contribution in [3.63, 3.8) is 0 Å². The van der Waals surface area contributed by atoms with Crippen molar-refractivity contribution < 1.29 is 14.3 Å². The molecule has 5 rings (SSSR count). The first-order chi connectivity index (χ1) is 15.6. The van der Waals surface area contributed by atoms with Crippen LogP contribution in [0.4, 0.5) is 0 Å². The van der Waals surface area contributed by atoms with Gasteiger partial charge in [-0.15, -0.1) is 16.4 Å². The van der Waals surface area contributed by atoms with E-state index in [9.17, 15) is 9.59 Å². The highest BCUT2D eigenvalue weighted by molar-refractivity contribution is 7.14. The average molecular weight is 453 g/mol. The van der Waals surface area contributed by atoms with Gasteiger partial charge in [0.15, 0.2) is 0 Å². The summed E-state index contributed by atoms with van der Waals surface area (Å²) in [6.07, 6.45) is 2.87. The Labute approximate surface area is 189 Å². The van der Waals surface area contributed by atoms with Crippen LogP contribution in [0.15, 0.2) is 30.6 Å². The molecule has 32 heavy (non-hydrogen) atoms. The van der Waals surface area contributed by atoms with Crippen molar-refractivity contribution in [3.8, 4) is 5.69 Å². The molecule has 1 saturated heterocycles. The van der Waals surface area contributed by atoms with E-state index in [4.69, 9.17) is 4.74 Å². The molecule has 0 aliphatic carbocycles. The van der Waals surface area contributed by atoms with Crippen LogP contribution in [-0.2, 0) is 29.0 Å². The number of hydrogen-bond acceptors (Lipinski definition) is 8. The molecule has 1 aromatic carbocycles. The second-order valence-corrected chi connectivity index (χ2v) is 9.21. The number of piperazine rings is 1. The molecular formula is C22H24N6O3S. The smallest absolute Gasteiger partial charge is 0.349 e. The zero-order chi connectivity index (χ0) is 22.1. The van der Waals surface area contributed by atoms with Crippen LogP contribution in [-0.4, -0.2) is 74.6 Å². The van der Waals surface area contributed by atoms with Crippen molar-refractivity contribution >= 4 is 23.2 Å². The summed E-state index contributed by atoms with van der Waals surface area (Å²) >= 11 is 1.57. The van der Waals surface area contributed by atoms with Gasteiger partial charge in [0.1, 0.15) is 17.8 Å². The van der Waals surface area contributed by atoms with Gasteiger partial charge in [-0.05, 0) is 47.0 Å². The van der Waals surface area contributed by atoms with Gasteiger partial charge in [-0.3, -0.25) is 9.69 Å². The topological polar surface area (TPSA) is 93.5 Å². The van der Waals surface area contributed by atoms with E-state index < -0.39 is 0 Å². The minimum absolute atomic E-state index is 0.156. The van der Waals surface area contributed by atoms with E-state index in [0.717, 1.165) is 60.8 Å². The lowest BCUT2D eigenvalue weighted by atomic mass is 10.1. The van der Waals surface area contributed by atoms with E-state index >= 15 is 0 Å². The van der Waals surface area contributed by atoms with Crippen molar-refractivity contribution in [1.82, 2.24) is 30.0 Å². The summed E-state index contributed by atoms with van der Waals surface area (Å²) in [5.41, 5.74) is 4.11. The fourth-order valence-electron chi connectivity index (χ4n) is 4.19. The molecule has 0 bridgehead atoms. The summed E-state index contributed by atoms with van der Waals surface area (Å²) in [4.78, 5) is 30.9. The highest BCUT2D eigenvalue weighted by atomic mass is 32.1. The van der Waals surface area contributed by atoms with Gasteiger partial charge in [0.05, 0.1) is 12.1 Å². The number of hydrogen-bond donors (Lipinski definition) is 0. The third kappa shape index (κ3) is 4.15. The van der Waals surface area contributed by atoms with Gasteiger partial charge in [0.2, 0.25) is 5.91 Å². The van der Waals surface area contributed by atoms with Crippen LogP contribution in [0.1, 0.15) is 31.2 Å². The lowest BCUT2D eigenvalue weighted by molar-refractivity contribution is -0.132. The minimum Gasteiger partial charge on any atom is -0.457 e. The van der Waals surface area contributed by atoms with E-state index in [2.05, 4.69) is 27.3 Å². The Bertz CT molecular complexity index is 1120. The first-order valence-electron chi connectivity index (χ1n) is 10.7. The van der Waals surface area contributed by atoms with E-state index in [1.807, 2.05) is 29.2 Å². The molecule has 3 aromatic rings. The van der Waals surface area contributed by atoms with Crippen LogP contribution in [0, 0.1) is 6.92 Å². The van der Waals surface area contributed by atoms with Crippen LogP contribution in [0.2, 0.25) is 0 Å². The van der Waals surface area contributed by atoms with Crippen molar-refractivity contribution in [2.24, 2.45) is 0 Å². The molecule has 10 heteroatoms. The van der Waals surface area contributed by atoms with Crippen molar-refractivity contribution in [2.45, 2.75) is 26.4 Å².